The molecule has 1 amide bonds. The molecule has 0 aromatic carbocycles. The molecule has 21 heteroatoms. The van der Waals surface area contributed by atoms with Crippen molar-refractivity contribution in [1.29, 1.82) is 0 Å². The maximum atomic E-state index is 11.5. The van der Waals surface area contributed by atoms with Gasteiger partial charge in [-0.15, -0.1) is 0 Å². The maximum Gasteiger partial charge on any atom is 1.00 e. The van der Waals surface area contributed by atoms with Crippen molar-refractivity contribution in [2.75, 3.05) is 19.8 Å². The first-order valence-electron chi connectivity index (χ1n) is 18.4. The Bertz CT molecular complexity index is 1140. The molecule has 17 nitrogen and oxygen atoms in total. The third-order valence-corrected chi connectivity index (χ3v) is 9.75. The molecule has 314 valence electrons. The topological polar surface area (TPSA) is 305 Å². The van der Waals surface area contributed by atoms with Crippen molar-refractivity contribution in [2.24, 2.45) is 5.73 Å². The second-order valence-electron chi connectivity index (χ2n) is 12.5. The van der Waals surface area contributed by atoms with Crippen LogP contribution in [0.15, 0.2) is 0 Å². The van der Waals surface area contributed by atoms with Crippen LogP contribution in [0, 0.1) is 0 Å². The van der Waals surface area contributed by atoms with Crippen LogP contribution in [0.5, 0.6) is 0 Å². The number of unbranched alkanes of at least 4 members (excludes halogenated alkanes) is 18. The Morgan fingerprint density at radius 3 is 0.927 bits per heavy atom. The van der Waals surface area contributed by atoms with E-state index < -0.39 is 80.0 Å². The van der Waals surface area contributed by atoms with Gasteiger partial charge in [-0.25, -0.2) is 0 Å². The van der Waals surface area contributed by atoms with Gasteiger partial charge in [-0.1, -0.05) is 129 Å². The summed E-state index contributed by atoms with van der Waals surface area (Å²) in [7, 11) is -9.64. The fraction of sp³-hybridized carbons (Fsp3) is 0.853. The summed E-state index contributed by atoms with van der Waals surface area (Å²) in [5.74, 6) is -6.68. The van der Waals surface area contributed by atoms with Crippen molar-refractivity contribution in [2.45, 2.75) is 166 Å². The summed E-state index contributed by atoms with van der Waals surface area (Å²) in [6, 6.07) is 0. The minimum Gasteiger partial charge on any atom is -0.550 e. The summed E-state index contributed by atoms with van der Waals surface area (Å²) in [6.07, 6.45) is 19.8. The van der Waals surface area contributed by atoms with Gasteiger partial charge in [-0.05, 0) is 12.8 Å². The first-order valence-corrected chi connectivity index (χ1v) is 21.4. The number of aliphatic carboxylic acids is 2. The van der Waals surface area contributed by atoms with E-state index in [9.17, 15) is 51.0 Å². The molecule has 0 fully saturated rings. The molecule has 0 heterocycles. The van der Waals surface area contributed by atoms with E-state index in [-0.39, 0.29) is 72.3 Å². The summed E-state index contributed by atoms with van der Waals surface area (Å²) >= 11 is 0. The molecule has 5 N–H and O–H groups in total. The monoisotopic (exact) mass is 851 g/mol. The van der Waals surface area contributed by atoms with Gasteiger partial charge in [-0.3, -0.25) is 23.5 Å². The van der Waals surface area contributed by atoms with Gasteiger partial charge in [0.25, 0.3) is 20.2 Å². The van der Waals surface area contributed by atoms with E-state index in [0.717, 1.165) is 38.5 Å². The Balaban J connectivity index is -0.000000261. The summed E-state index contributed by atoms with van der Waals surface area (Å²) in [5.41, 5.74) is 4.40. The normalized spacial score (nSPS) is 11.8. The fourth-order valence-electron chi connectivity index (χ4n) is 4.63. The molecule has 0 aliphatic rings. The largest absolute Gasteiger partial charge is 1.00 e. The molecule has 0 aliphatic carbocycles. The quantitative estimate of drug-likeness (QED) is 0.0225. The first kappa shape index (κ1) is 63.3. The number of carbonyl (C=O) groups excluding carboxylic acids is 5. The molecule has 0 rings (SSSR count). The number of carboxylic acids is 2. The molecule has 0 aromatic rings. The van der Waals surface area contributed by atoms with Crippen LogP contribution >= 0.6 is 0 Å². The fourth-order valence-corrected chi connectivity index (χ4v) is 5.95. The van der Waals surface area contributed by atoms with Crippen LogP contribution in [0.25, 0.3) is 0 Å². The minimum absolute atomic E-state index is 0. The van der Waals surface area contributed by atoms with Gasteiger partial charge in [0.15, 0.2) is 10.5 Å². The predicted octanol–water partition coefficient (Wildman–Crippen LogP) is -3.83. The number of aliphatic hydroxyl groups is 1. The van der Waals surface area contributed by atoms with E-state index in [1.54, 1.807) is 0 Å². The number of aliphatic hydroxyl groups excluding tert-OH is 1. The Kier molecular flexibility index (Phi) is 47.5. The Labute approximate surface area is 372 Å². The molecule has 0 bridgehead atoms. The Hall–Kier alpha value is -0.870. The van der Waals surface area contributed by atoms with E-state index in [1.807, 2.05) is 0 Å². The number of carboxylic acid groups (broad SMARTS) is 2. The van der Waals surface area contributed by atoms with Crippen LogP contribution in [-0.2, 0) is 53.7 Å². The second kappa shape index (κ2) is 41.3. The van der Waals surface area contributed by atoms with E-state index in [0.29, 0.717) is 12.8 Å². The number of carbonyl (C=O) groups is 5. The third kappa shape index (κ3) is 45.7. The predicted molar refractivity (Wildman–Crippen MR) is 192 cm³/mol. The Morgan fingerprint density at radius 2 is 0.745 bits per heavy atom. The number of esters is 2. The van der Waals surface area contributed by atoms with Crippen LogP contribution in [0.3, 0.4) is 0 Å². The Morgan fingerprint density at radius 1 is 0.527 bits per heavy atom. The molecule has 2 unspecified atom stereocenters. The maximum absolute atomic E-state index is 11.5. The van der Waals surface area contributed by atoms with Crippen molar-refractivity contribution < 1.29 is 134 Å². The van der Waals surface area contributed by atoms with Crippen LogP contribution in [0.1, 0.15) is 155 Å². The van der Waals surface area contributed by atoms with E-state index in [1.165, 1.54) is 77.0 Å². The molecular formula is C34H63NNa2O16S2. The van der Waals surface area contributed by atoms with Crippen molar-refractivity contribution >= 4 is 50.0 Å². The van der Waals surface area contributed by atoms with Crippen LogP contribution in [0.2, 0.25) is 0 Å². The van der Waals surface area contributed by atoms with E-state index in [4.69, 9.17) is 23.7 Å². The zero-order valence-corrected chi connectivity index (χ0v) is 39.0. The molecule has 0 aromatic heterocycles. The van der Waals surface area contributed by atoms with Crippen LogP contribution in [0.4, 0.5) is 0 Å². The number of ether oxygens (including phenoxy) is 2. The molecule has 0 spiro atoms. The van der Waals surface area contributed by atoms with Crippen LogP contribution < -0.4 is 75.1 Å². The average molecular weight is 852 g/mol. The number of primary amides is 1. The standard InChI is InChI=1S/2C16H30O7S.C2H5NO2.2Na/c2*1-2-3-4-5-6-7-8-9-10-11-12-23-16(19)14(13-15(17)18)24(20,21)22;3-2(5)1-4;;/h2*14H,2-13H2,1H3,(H,17,18)(H,20,21,22);4H,1H2,(H2,3,5);;/q;;;2*+1/p-2. The minimum atomic E-state index is -4.82. The van der Waals surface area contributed by atoms with Crippen molar-refractivity contribution in [3.63, 3.8) is 0 Å². The summed E-state index contributed by atoms with van der Waals surface area (Å²) in [6.45, 7) is 3.83. The van der Waals surface area contributed by atoms with Gasteiger partial charge >= 0.3 is 71.1 Å². The third-order valence-electron chi connectivity index (χ3n) is 7.59. The molecular weight excluding hydrogens is 788 g/mol. The molecule has 0 saturated heterocycles. The summed E-state index contributed by atoms with van der Waals surface area (Å²) in [4.78, 5) is 53.3. The number of hydrogen-bond acceptors (Lipinski definition) is 14. The van der Waals surface area contributed by atoms with Gasteiger partial charge in [-0.2, -0.15) is 16.8 Å². The average Bonchev–Trinajstić information content (AvgIpc) is 3.06. The van der Waals surface area contributed by atoms with Gasteiger partial charge in [0.2, 0.25) is 5.91 Å². The van der Waals surface area contributed by atoms with Gasteiger partial charge < -0.3 is 40.1 Å². The molecule has 0 saturated carbocycles. The SMILES string of the molecule is CCCCCCCCCCCCOC(=O)C(CC(=O)[O-])S(=O)(=O)O.CCCCCCCCCCCCOC(=O)C(CC(=O)[O-])S(=O)(=O)O.NC(=O)CO.[Na+].[Na+]. The molecule has 0 aliphatic heterocycles. The first-order chi connectivity index (χ1) is 24.8. The van der Waals surface area contributed by atoms with E-state index in [2.05, 4.69) is 19.6 Å². The summed E-state index contributed by atoms with van der Waals surface area (Å²) in [5, 5.41) is 24.3. The second-order valence-corrected chi connectivity index (χ2v) is 15.7. The van der Waals surface area contributed by atoms with Gasteiger partial charge in [0.1, 0.15) is 6.61 Å². The van der Waals surface area contributed by atoms with Crippen LogP contribution in [-0.4, -0.2) is 91.2 Å². The molecule has 2 atom stereocenters. The number of amides is 1. The zero-order chi connectivity index (χ0) is 41.1. The van der Waals surface area contributed by atoms with E-state index >= 15 is 0 Å². The number of nitrogens with two attached hydrogens (primary N) is 1. The number of hydrogen-bond donors (Lipinski definition) is 4. The number of rotatable bonds is 31. The smallest absolute Gasteiger partial charge is 0.550 e. The van der Waals surface area contributed by atoms with Crippen molar-refractivity contribution in [3.8, 4) is 0 Å². The zero-order valence-electron chi connectivity index (χ0n) is 33.4. The molecule has 0 radical (unpaired) electrons. The van der Waals surface area contributed by atoms with Crippen molar-refractivity contribution in [1.82, 2.24) is 0 Å². The van der Waals surface area contributed by atoms with Crippen molar-refractivity contribution in [3.05, 3.63) is 0 Å². The van der Waals surface area contributed by atoms with Gasteiger partial charge in [0, 0.05) is 24.8 Å². The summed E-state index contributed by atoms with van der Waals surface area (Å²) < 4.78 is 71.1. The molecule has 55 heavy (non-hydrogen) atoms. The van der Waals surface area contributed by atoms with Gasteiger partial charge in [0.05, 0.1) is 13.2 Å².